The Hall–Kier alpha value is -3.49. The highest BCUT2D eigenvalue weighted by atomic mass is 32.2. The van der Waals surface area contributed by atoms with E-state index in [-0.39, 0.29) is 11.7 Å². The minimum absolute atomic E-state index is 0.214. The summed E-state index contributed by atoms with van der Waals surface area (Å²) < 4.78 is 7.36. The fourth-order valence-corrected chi connectivity index (χ4v) is 4.70. The number of esters is 1. The molecule has 6 nitrogen and oxygen atoms in total. The number of thiazole rings is 1. The van der Waals surface area contributed by atoms with Gasteiger partial charge in [-0.3, -0.25) is 4.79 Å². The van der Waals surface area contributed by atoms with Crippen LogP contribution in [-0.4, -0.2) is 28.8 Å². The van der Waals surface area contributed by atoms with Crippen molar-refractivity contribution in [1.82, 2.24) is 10.4 Å². The van der Waals surface area contributed by atoms with Gasteiger partial charge in [-0.2, -0.15) is 5.10 Å². The highest BCUT2D eigenvalue weighted by molar-refractivity contribution is 8.01. The molecule has 1 heterocycles. The van der Waals surface area contributed by atoms with E-state index in [0.717, 1.165) is 25.7 Å². The molecule has 1 amide bonds. The first kappa shape index (κ1) is 21.7. The summed E-state index contributed by atoms with van der Waals surface area (Å²) in [5.41, 5.74) is 5.60. The number of ether oxygens (including phenoxy) is 1. The lowest BCUT2D eigenvalue weighted by Gasteiger charge is -2.06. The van der Waals surface area contributed by atoms with Gasteiger partial charge in [-0.15, -0.1) is 11.3 Å². The van der Waals surface area contributed by atoms with Crippen LogP contribution in [0.3, 0.4) is 0 Å². The van der Waals surface area contributed by atoms with E-state index in [1.807, 2.05) is 43.3 Å². The molecule has 32 heavy (non-hydrogen) atoms. The number of para-hydroxylation sites is 1. The first-order valence-electron chi connectivity index (χ1n) is 9.76. The molecule has 0 fully saturated rings. The van der Waals surface area contributed by atoms with Crippen molar-refractivity contribution in [3.8, 4) is 5.75 Å². The quantitative estimate of drug-likeness (QED) is 0.137. The third-order valence-corrected chi connectivity index (χ3v) is 6.64. The van der Waals surface area contributed by atoms with Crippen molar-refractivity contribution >= 4 is 51.4 Å². The van der Waals surface area contributed by atoms with E-state index >= 15 is 0 Å². The van der Waals surface area contributed by atoms with Crippen molar-refractivity contribution in [3.05, 3.63) is 89.5 Å². The molecule has 0 atom stereocenters. The number of carbonyl (C=O) groups is 2. The Bertz CT molecular complexity index is 1250. The molecule has 0 aliphatic rings. The van der Waals surface area contributed by atoms with E-state index in [4.69, 9.17) is 4.74 Å². The number of aryl methyl sites for hydroxylation is 1. The van der Waals surface area contributed by atoms with Crippen LogP contribution in [0, 0.1) is 6.92 Å². The number of hydrazone groups is 1. The smallest absolute Gasteiger partial charge is 0.343 e. The molecule has 160 valence electrons. The number of hydrogen-bond acceptors (Lipinski definition) is 7. The highest BCUT2D eigenvalue weighted by Gasteiger charge is 2.11. The second kappa shape index (κ2) is 10.2. The van der Waals surface area contributed by atoms with Gasteiger partial charge in [0.15, 0.2) is 4.34 Å². The van der Waals surface area contributed by atoms with E-state index < -0.39 is 5.97 Å². The zero-order chi connectivity index (χ0) is 22.3. The Morgan fingerprint density at radius 2 is 1.81 bits per heavy atom. The number of hydrogen-bond donors (Lipinski definition) is 1. The molecule has 3 aromatic carbocycles. The molecule has 0 saturated carbocycles. The van der Waals surface area contributed by atoms with E-state index in [9.17, 15) is 9.59 Å². The molecule has 8 heteroatoms. The van der Waals surface area contributed by atoms with Gasteiger partial charge in [0, 0.05) is 0 Å². The maximum Gasteiger partial charge on any atom is 0.343 e. The van der Waals surface area contributed by atoms with Crippen LogP contribution >= 0.6 is 23.1 Å². The van der Waals surface area contributed by atoms with Crippen LogP contribution in [0.4, 0.5) is 0 Å². The van der Waals surface area contributed by atoms with E-state index in [0.29, 0.717) is 11.3 Å². The zero-order valence-electron chi connectivity index (χ0n) is 17.1. The molecule has 0 saturated heterocycles. The van der Waals surface area contributed by atoms with Gasteiger partial charge >= 0.3 is 5.97 Å². The van der Waals surface area contributed by atoms with Crippen LogP contribution in [-0.2, 0) is 4.79 Å². The first-order chi connectivity index (χ1) is 15.6. The van der Waals surface area contributed by atoms with Gasteiger partial charge in [-0.25, -0.2) is 15.2 Å². The number of amides is 1. The lowest BCUT2D eigenvalue weighted by Crippen LogP contribution is -2.19. The molecule has 0 aliphatic carbocycles. The summed E-state index contributed by atoms with van der Waals surface area (Å²) in [7, 11) is 0. The summed E-state index contributed by atoms with van der Waals surface area (Å²) in [6.45, 7) is 1.86. The minimum atomic E-state index is -0.401. The Morgan fingerprint density at radius 3 is 2.59 bits per heavy atom. The fourth-order valence-electron chi connectivity index (χ4n) is 2.84. The number of fused-ring (bicyclic) bond motifs is 1. The van der Waals surface area contributed by atoms with Crippen LogP contribution in [0.1, 0.15) is 21.5 Å². The topological polar surface area (TPSA) is 80.6 Å². The molecule has 1 N–H and O–H groups in total. The molecule has 0 spiro atoms. The van der Waals surface area contributed by atoms with Crippen LogP contribution in [0.25, 0.3) is 10.2 Å². The summed E-state index contributed by atoms with van der Waals surface area (Å²) >= 11 is 2.94. The van der Waals surface area contributed by atoms with Crippen molar-refractivity contribution < 1.29 is 14.3 Å². The Morgan fingerprint density at radius 1 is 1.06 bits per heavy atom. The van der Waals surface area contributed by atoms with Crippen LogP contribution in [0.15, 0.2) is 82.2 Å². The van der Waals surface area contributed by atoms with Gasteiger partial charge < -0.3 is 4.74 Å². The Balaban J connectivity index is 1.25. The molecule has 0 aliphatic heterocycles. The number of carbonyl (C=O) groups excluding carboxylic acids is 2. The predicted molar refractivity (Wildman–Crippen MR) is 129 cm³/mol. The number of nitrogens with zero attached hydrogens (tertiary/aromatic N) is 2. The summed E-state index contributed by atoms with van der Waals surface area (Å²) in [5, 5.41) is 3.98. The average Bonchev–Trinajstić information content (AvgIpc) is 3.22. The van der Waals surface area contributed by atoms with Gasteiger partial charge in [0.1, 0.15) is 5.75 Å². The summed E-state index contributed by atoms with van der Waals surface area (Å²) in [4.78, 5) is 28.8. The molecular weight excluding hydrogens is 442 g/mol. The number of thioether (sulfide) groups is 1. The molecular formula is C24H19N3O3S2. The first-order valence-corrected chi connectivity index (χ1v) is 11.6. The summed E-state index contributed by atoms with van der Waals surface area (Å²) in [6, 6.07) is 22.0. The maximum absolute atomic E-state index is 12.3. The minimum Gasteiger partial charge on any atom is -0.423 e. The molecule has 4 aromatic rings. The zero-order valence-corrected chi connectivity index (χ0v) is 18.8. The number of nitrogens with one attached hydrogen (secondary N) is 1. The Labute approximate surface area is 193 Å². The highest BCUT2D eigenvalue weighted by Crippen LogP contribution is 2.29. The summed E-state index contributed by atoms with van der Waals surface area (Å²) in [5.74, 6) is 0.0497. The summed E-state index contributed by atoms with van der Waals surface area (Å²) in [6.07, 6.45) is 1.53. The standard InChI is InChI=1S/C24H19N3O3S2/c1-16-6-2-3-7-19(16)23(29)30-18-12-10-17(11-13-18)14-25-27-22(28)15-31-24-26-20-8-4-5-9-21(20)32-24/h2-14H,15H2,1H3,(H,27,28)/b25-14-. The Kier molecular flexibility index (Phi) is 6.94. The van der Waals surface area contributed by atoms with Crippen molar-refractivity contribution in [1.29, 1.82) is 0 Å². The van der Waals surface area contributed by atoms with Crippen molar-refractivity contribution in [2.24, 2.45) is 5.10 Å². The van der Waals surface area contributed by atoms with Crippen LogP contribution in [0.2, 0.25) is 0 Å². The van der Waals surface area contributed by atoms with Crippen LogP contribution < -0.4 is 10.2 Å². The lowest BCUT2D eigenvalue weighted by atomic mass is 10.1. The van der Waals surface area contributed by atoms with Gasteiger partial charge in [0.2, 0.25) is 0 Å². The third-order valence-electron chi connectivity index (χ3n) is 4.46. The number of rotatable bonds is 7. The molecule has 0 radical (unpaired) electrons. The van der Waals surface area contributed by atoms with Gasteiger partial charge in [0.25, 0.3) is 5.91 Å². The maximum atomic E-state index is 12.3. The number of aromatic nitrogens is 1. The van der Waals surface area contributed by atoms with Crippen molar-refractivity contribution in [2.45, 2.75) is 11.3 Å². The third kappa shape index (κ3) is 5.60. The second-order valence-electron chi connectivity index (χ2n) is 6.80. The van der Waals surface area contributed by atoms with Crippen molar-refractivity contribution in [2.75, 3.05) is 5.75 Å². The van der Waals surface area contributed by atoms with Crippen molar-refractivity contribution in [3.63, 3.8) is 0 Å². The monoisotopic (exact) mass is 461 g/mol. The molecule has 4 rings (SSSR count). The van der Waals surface area contributed by atoms with E-state index in [1.165, 1.54) is 18.0 Å². The predicted octanol–water partition coefficient (Wildman–Crippen LogP) is 5.07. The van der Waals surface area contributed by atoms with Gasteiger partial charge in [0.05, 0.1) is 27.7 Å². The molecule has 0 bridgehead atoms. The van der Waals surface area contributed by atoms with Gasteiger partial charge in [-0.05, 0) is 60.5 Å². The largest absolute Gasteiger partial charge is 0.423 e. The molecule has 0 unspecified atom stereocenters. The van der Waals surface area contributed by atoms with E-state index in [1.54, 1.807) is 47.7 Å². The fraction of sp³-hybridized carbons (Fsp3) is 0.0833. The molecule has 1 aromatic heterocycles. The average molecular weight is 462 g/mol. The second-order valence-corrected chi connectivity index (χ2v) is 9.06. The van der Waals surface area contributed by atoms with Gasteiger partial charge in [-0.1, -0.05) is 42.1 Å². The normalized spacial score (nSPS) is 11.0. The van der Waals surface area contributed by atoms with Crippen LogP contribution in [0.5, 0.6) is 5.75 Å². The van der Waals surface area contributed by atoms with E-state index in [2.05, 4.69) is 15.5 Å². The lowest BCUT2D eigenvalue weighted by molar-refractivity contribution is -0.118. The SMILES string of the molecule is Cc1ccccc1C(=O)Oc1ccc(/C=N\NC(=O)CSc2nc3ccccc3s2)cc1. The number of benzene rings is 3.